The summed E-state index contributed by atoms with van der Waals surface area (Å²) < 4.78 is 2.04. The van der Waals surface area contributed by atoms with E-state index in [1.807, 2.05) is 27.7 Å². The average Bonchev–Trinajstić information content (AvgIpc) is 3.61. The molecule has 4 heterocycles. The van der Waals surface area contributed by atoms with Gasteiger partial charge < -0.3 is 25.0 Å². The van der Waals surface area contributed by atoms with Crippen LogP contribution in [-0.4, -0.2) is 76.0 Å². The molecule has 5 rings (SSSR count). The van der Waals surface area contributed by atoms with Crippen molar-refractivity contribution >= 4 is 23.5 Å². The van der Waals surface area contributed by atoms with E-state index in [4.69, 9.17) is 0 Å². The molecular formula is C29H42N8O2. The number of hydrogen-bond donors (Lipinski definition) is 2. The fraction of sp³-hybridized carbons (Fsp3) is 0.552. The summed E-state index contributed by atoms with van der Waals surface area (Å²) in [5.74, 6) is 0.759. The topological polar surface area (TPSA) is 108 Å². The molecule has 2 unspecified atom stereocenters. The minimum atomic E-state index is -0.00407. The molecule has 10 nitrogen and oxygen atoms in total. The lowest BCUT2D eigenvalue weighted by Crippen LogP contribution is -2.37. The summed E-state index contributed by atoms with van der Waals surface area (Å²) in [6.07, 6.45) is 15.3. The van der Waals surface area contributed by atoms with Crippen molar-refractivity contribution in [1.82, 2.24) is 29.7 Å². The molecule has 0 radical (unpaired) electrons. The number of nitrogens with zero attached hydrogens (tertiary/aromatic N) is 6. The molecule has 3 aliphatic rings. The second-order valence-corrected chi connectivity index (χ2v) is 10.6. The van der Waals surface area contributed by atoms with Gasteiger partial charge in [-0.05, 0) is 55.9 Å². The maximum Gasteiger partial charge on any atom is 0.270 e. The zero-order chi connectivity index (χ0) is 27.8. The van der Waals surface area contributed by atoms with Gasteiger partial charge in [0.2, 0.25) is 11.9 Å². The highest BCUT2D eigenvalue weighted by Crippen LogP contribution is 2.30. The summed E-state index contributed by atoms with van der Waals surface area (Å²) in [5.41, 5.74) is 2.60. The van der Waals surface area contributed by atoms with Crippen molar-refractivity contribution in [1.29, 1.82) is 0 Å². The first-order valence-electron chi connectivity index (χ1n) is 14.1. The fourth-order valence-electron chi connectivity index (χ4n) is 5.45. The molecular weight excluding hydrogens is 492 g/mol. The Balaban J connectivity index is 0.000000192. The highest BCUT2D eigenvalue weighted by molar-refractivity contribution is 5.94. The van der Waals surface area contributed by atoms with Crippen molar-refractivity contribution in [2.45, 2.75) is 76.4 Å². The van der Waals surface area contributed by atoms with Crippen molar-refractivity contribution in [3.05, 3.63) is 54.4 Å². The number of carbonyl (C=O) groups is 2. The molecule has 3 fully saturated rings. The molecule has 2 amide bonds. The van der Waals surface area contributed by atoms with Crippen LogP contribution < -0.4 is 15.5 Å². The molecule has 1 saturated carbocycles. The highest BCUT2D eigenvalue weighted by atomic mass is 16.2. The number of rotatable bonds is 5. The predicted molar refractivity (Wildman–Crippen MR) is 153 cm³/mol. The molecule has 1 aliphatic carbocycles. The van der Waals surface area contributed by atoms with E-state index in [1.165, 1.54) is 19.3 Å². The molecule has 0 spiro atoms. The Morgan fingerprint density at radius 3 is 2.56 bits per heavy atom. The van der Waals surface area contributed by atoms with Crippen LogP contribution >= 0.6 is 0 Å². The second kappa shape index (κ2) is 13.5. The number of anilines is 2. The summed E-state index contributed by atoms with van der Waals surface area (Å²) in [4.78, 5) is 41.1. The van der Waals surface area contributed by atoms with E-state index in [1.54, 1.807) is 51.0 Å². The van der Waals surface area contributed by atoms with E-state index in [0.717, 1.165) is 43.5 Å². The van der Waals surface area contributed by atoms with Crippen molar-refractivity contribution < 1.29 is 9.59 Å². The van der Waals surface area contributed by atoms with Gasteiger partial charge in [0.05, 0.1) is 18.2 Å². The van der Waals surface area contributed by atoms with Gasteiger partial charge in [0.25, 0.3) is 5.91 Å². The third-order valence-electron chi connectivity index (χ3n) is 7.65. The lowest BCUT2D eigenvalue weighted by molar-refractivity contribution is -0.118. The molecule has 2 aromatic heterocycles. The second-order valence-electron chi connectivity index (χ2n) is 10.6. The maximum absolute atomic E-state index is 12.7. The normalized spacial score (nSPS) is 20.5. The van der Waals surface area contributed by atoms with Crippen LogP contribution in [0.4, 0.5) is 11.6 Å². The standard InChI is InChI=1S/C17H27N5O.C12H15N3O/c1-5-13-10-15(16(23)21(3)4)22(14-8-6-7-9-14)12-20-17(18-2)19-11-13;16-12-6-9-3-4-10(14-9)8-15(12)11-2-1-5-13-7-11/h10-12,14H,5-9H2,1-4H3,(H,18,19);1-2,5,7,9-10,14H,3-4,6,8H2. The van der Waals surface area contributed by atoms with Crippen LogP contribution in [0.5, 0.6) is 0 Å². The first-order valence-corrected chi connectivity index (χ1v) is 14.1. The van der Waals surface area contributed by atoms with Crippen LogP contribution in [0.15, 0.2) is 43.1 Å². The van der Waals surface area contributed by atoms with E-state index >= 15 is 0 Å². The van der Waals surface area contributed by atoms with Gasteiger partial charge in [-0.25, -0.2) is 9.97 Å². The maximum atomic E-state index is 12.7. The average molecular weight is 535 g/mol. The Bertz CT molecular complexity index is 1180. The molecule has 210 valence electrons. The van der Waals surface area contributed by atoms with Crippen LogP contribution in [0.3, 0.4) is 0 Å². The van der Waals surface area contributed by atoms with Crippen LogP contribution in [0, 0.1) is 0 Å². The highest BCUT2D eigenvalue weighted by Gasteiger charge is 2.34. The number of aryl methyl sites for hydroxylation is 1. The quantitative estimate of drug-likeness (QED) is 0.601. The Kier molecular flexibility index (Phi) is 9.86. The number of carbonyl (C=O) groups excluding carboxylic acids is 2. The molecule has 2 aromatic rings. The van der Waals surface area contributed by atoms with E-state index in [-0.39, 0.29) is 11.8 Å². The Morgan fingerprint density at radius 1 is 1.13 bits per heavy atom. The van der Waals surface area contributed by atoms with Crippen LogP contribution in [0.2, 0.25) is 0 Å². The zero-order valence-electron chi connectivity index (χ0n) is 23.6. The number of amides is 2. The lowest BCUT2D eigenvalue weighted by Gasteiger charge is -2.23. The molecule has 2 saturated heterocycles. The largest absolute Gasteiger partial charge is 0.357 e. The first-order chi connectivity index (χ1) is 18.9. The molecule has 10 heteroatoms. The molecule has 39 heavy (non-hydrogen) atoms. The molecule has 2 bridgehead atoms. The van der Waals surface area contributed by atoms with E-state index in [0.29, 0.717) is 36.2 Å². The molecule has 0 aromatic carbocycles. The fourth-order valence-corrected chi connectivity index (χ4v) is 5.45. The first kappa shape index (κ1) is 28.5. The van der Waals surface area contributed by atoms with Gasteiger partial charge in [-0.2, -0.15) is 0 Å². The van der Waals surface area contributed by atoms with E-state index < -0.39 is 0 Å². The van der Waals surface area contributed by atoms with Gasteiger partial charge in [-0.1, -0.05) is 19.8 Å². The minimum Gasteiger partial charge on any atom is -0.357 e. The van der Waals surface area contributed by atoms with Gasteiger partial charge in [0, 0.05) is 64.6 Å². The third-order valence-corrected chi connectivity index (χ3v) is 7.65. The number of aromatic nitrogens is 4. The summed E-state index contributed by atoms with van der Waals surface area (Å²) in [6, 6.07) is 6.94. The predicted octanol–water partition coefficient (Wildman–Crippen LogP) is 3.76. The lowest BCUT2D eigenvalue weighted by atomic mass is 10.1. The summed E-state index contributed by atoms with van der Waals surface area (Å²) >= 11 is 0. The van der Waals surface area contributed by atoms with Crippen molar-refractivity contribution in [3.8, 4) is 0 Å². The number of nitrogens with one attached hydrogen (secondary N) is 2. The SMILES string of the molecule is CCc1cnc(NC)ncn(C2CCCC2)c(C(=O)N(C)C)c1.O=C1CC2CCC(CN1c1cccnc1)N2. The van der Waals surface area contributed by atoms with E-state index in [2.05, 4.69) is 32.5 Å². The van der Waals surface area contributed by atoms with Gasteiger partial charge >= 0.3 is 0 Å². The number of pyridine rings is 1. The van der Waals surface area contributed by atoms with Crippen LogP contribution in [-0.2, 0) is 11.2 Å². The summed E-state index contributed by atoms with van der Waals surface area (Å²) in [6.45, 7) is 2.84. The third kappa shape index (κ3) is 7.32. The molecule has 2 N–H and O–H groups in total. The Hall–Kier alpha value is -3.53. The summed E-state index contributed by atoms with van der Waals surface area (Å²) in [5, 5.41) is 6.48. The zero-order valence-corrected chi connectivity index (χ0v) is 23.6. The Labute approximate surface area is 231 Å². The summed E-state index contributed by atoms with van der Waals surface area (Å²) in [7, 11) is 5.36. The van der Waals surface area contributed by atoms with Crippen LogP contribution in [0.1, 0.15) is 74.0 Å². The van der Waals surface area contributed by atoms with Crippen molar-refractivity contribution in [3.63, 3.8) is 0 Å². The monoisotopic (exact) mass is 534 g/mol. The Morgan fingerprint density at radius 2 is 1.90 bits per heavy atom. The number of hydrogen-bond acceptors (Lipinski definition) is 7. The van der Waals surface area contributed by atoms with Crippen molar-refractivity contribution in [2.75, 3.05) is 37.9 Å². The number of fused-ring (bicyclic) bond motifs is 2. The van der Waals surface area contributed by atoms with E-state index in [9.17, 15) is 9.59 Å². The molecule has 2 aliphatic heterocycles. The van der Waals surface area contributed by atoms with Gasteiger partial charge in [0.15, 0.2) is 0 Å². The minimum absolute atomic E-state index is 0.00407. The van der Waals surface area contributed by atoms with Crippen LogP contribution in [0.25, 0.3) is 0 Å². The van der Waals surface area contributed by atoms with Crippen molar-refractivity contribution in [2.24, 2.45) is 0 Å². The van der Waals surface area contributed by atoms with Gasteiger partial charge in [-0.3, -0.25) is 14.6 Å². The van der Waals surface area contributed by atoms with Gasteiger partial charge in [-0.15, -0.1) is 0 Å². The molecule has 2 atom stereocenters. The van der Waals surface area contributed by atoms with Gasteiger partial charge in [0.1, 0.15) is 5.69 Å². The smallest absolute Gasteiger partial charge is 0.270 e.